The van der Waals surface area contributed by atoms with Crippen LogP contribution in [0, 0.1) is 0 Å². The van der Waals surface area contributed by atoms with Gasteiger partial charge in [0.25, 0.3) is 0 Å². The van der Waals surface area contributed by atoms with Crippen molar-refractivity contribution in [2.24, 2.45) is 0 Å². The number of ether oxygens (including phenoxy) is 1. The van der Waals surface area contributed by atoms with E-state index in [1.165, 1.54) is 6.08 Å². The second-order valence-electron chi connectivity index (χ2n) is 6.68. The topological polar surface area (TPSA) is 9.23 Å². The van der Waals surface area contributed by atoms with Crippen molar-refractivity contribution < 1.29 is 31.1 Å². The summed E-state index contributed by atoms with van der Waals surface area (Å²) in [6.45, 7) is 0. The lowest BCUT2D eigenvalue weighted by molar-refractivity contribution is -0.155. The number of hydrogen-bond acceptors (Lipinski definition) is 2. The molecule has 164 valence electrons. The van der Waals surface area contributed by atoms with Gasteiger partial charge in [-0.2, -0.15) is 26.3 Å². The summed E-state index contributed by atoms with van der Waals surface area (Å²) in [6.07, 6.45) is -0.675. The van der Waals surface area contributed by atoms with Gasteiger partial charge in [-0.1, -0.05) is 52.4 Å². The van der Waals surface area contributed by atoms with Crippen LogP contribution >= 0.6 is 27.7 Å². The van der Waals surface area contributed by atoms with Gasteiger partial charge in [-0.05, 0) is 48.4 Å². The highest BCUT2D eigenvalue weighted by molar-refractivity contribution is 9.10. The predicted molar refractivity (Wildman–Crippen MR) is 112 cm³/mol. The van der Waals surface area contributed by atoms with Gasteiger partial charge in [-0.25, -0.2) is 0 Å². The van der Waals surface area contributed by atoms with Crippen molar-refractivity contribution >= 4 is 27.7 Å². The van der Waals surface area contributed by atoms with E-state index in [4.69, 9.17) is 0 Å². The van der Waals surface area contributed by atoms with Crippen LogP contribution in [-0.2, 0) is 0 Å². The van der Waals surface area contributed by atoms with Crippen LogP contribution in [0.1, 0.15) is 17.9 Å². The van der Waals surface area contributed by atoms with Gasteiger partial charge < -0.3 is 4.74 Å². The van der Waals surface area contributed by atoms with E-state index in [0.717, 1.165) is 40.5 Å². The Kier molecular flexibility index (Phi) is 7.26. The Labute approximate surface area is 187 Å². The molecule has 0 aromatic heterocycles. The average molecular weight is 521 g/mol. The largest absolute Gasteiger partial charge is 0.428 e. The maximum atomic E-state index is 14.3. The highest BCUT2D eigenvalue weighted by Crippen LogP contribution is 2.55. The lowest BCUT2D eigenvalue weighted by atomic mass is 9.80. The highest BCUT2D eigenvalue weighted by Gasteiger charge is 2.53. The van der Waals surface area contributed by atoms with E-state index < -0.39 is 28.9 Å². The van der Waals surface area contributed by atoms with Gasteiger partial charge in [-0.3, -0.25) is 0 Å². The van der Waals surface area contributed by atoms with Crippen LogP contribution in [-0.4, -0.2) is 10.9 Å². The predicted octanol–water partition coefficient (Wildman–Crippen LogP) is 8.56. The van der Waals surface area contributed by atoms with Crippen LogP contribution < -0.4 is 4.74 Å². The summed E-state index contributed by atoms with van der Waals surface area (Å²) >= 11 is 4.40. The van der Waals surface area contributed by atoms with Gasteiger partial charge >= 0.3 is 18.3 Å². The first-order chi connectivity index (χ1) is 14.6. The summed E-state index contributed by atoms with van der Waals surface area (Å²) in [5.41, 5.74) is -0.0884. The Morgan fingerprint density at radius 1 is 0.968 bits per heavy atom. The quantitative estimate of drug-likeness (QED) is 0.278. The number of alkyl halides is 3. The Morgan fingerprint density at radius 2 is 1.61 bits per heavy atom. The molecule has 0 saturated carbocycles. The monoisotopic (exact) mass is 520 g/mol. The minimum absolute atomic E-state index is 0.0884. The SMILES string of the molecule is FC(F)=C(F)Oc1ccc(C(C(F)(F)F)C2(Sc3ccc(Br)cc3)C=CC=CC2)cc1. The van der Waals surface area contributed by atoms with Crippen LogP contribution in [0.4, 0.5) is 26.3 Å². The van der Waals surface area contributed by atoms with Gasteiger partial charge in [0.2, 0.25) is 0 Å². The minimum Gasteiger partial charge on any atom is -0.428 e. The van der Waals surface area contributed by atoms with E-state index in [2.05, 4.69) is 20.7 Å². The first kappa shape index (κ1) is 23.5. The van der Waals surface area contributed by atoms with Crippen LogP contribution in [0.5, 0.6) is 5.75 Å². The van der Waals surface area contributed by atoms with Crippen molar-refractivity contribution in [2.75, 3.05) is 0 Å². The van der Waals surface area contributed by atoms with Crippen molar-refractivity contribution in [1.29, 1.82) is 0 Å². The molecule has 0 amide bonds. The zero-order valence-corrected chi connectivity index (χ0v) is 18.1. The second kappa shape index (κ2) is 9.56. The molecule has 2 atom stereocenters. The summed E-state index contributed by atoms with van der Waals surface area (Å²) in [4.78, 5) is 0.656. The normalized spacial score (nSPS) is 19.2. The zero-order valence-electron chi connectivity index (χ0n) is 15.7. The van der Waals surface area contributed by atoms with E-state index >= 15 is 0 Å². The second-order valence-corrected chi connectivity index (χ2v) is 9.03. The molecule has 0 heterocycles. The Balaban J connectivity index is 2.01. The Morgan fingerprint density at radius 3 is 2.13 bits per heavy atom. The van der Waals surface area contributed by atoms with Crippen molar-refractivity contribution in [2.45, 2.75) is 28.2 Å². The fraction of sp³-hybridized carbons (Fsp3) is 0.182. The molecule has 9 heteroatoms. The Hall–Kier alpha value is -2.13. The molecule has 0 fully saturated rings. The van der Waals surface area contributed by atoms with Crippen LogP contribution in [0.15, 0.2) is 94.3 Å². The van der Waals surface area contributed by atoms with Crippen molar-refractivity contribution in [1.82, 2.24) is 0 Å². The molecule has 2 aromatic carbocycles. The molecule has 0 bridgehead atoms. The molecular weight excluding hydrogens is 506 g/mol. The number of halogens is 7. The molecule has 0 saturated heterocycles. The lowest BCUT2D eigenvalue weighted by Gasteiger charge is -2.40. The molecule has 31 heavy (non-hydrogen) atoms. The number of rotatable bonds is 6. The van der Waals surface area contributed by atoms with E-state index in [1.54, 1.807) is 42.5 Å². The molecule has 2 aromatic rings. The number of benzene rings is 2. The van der Waals surface area contributed by atoms with Crippen LogP contribution in [0.3, 0.4) is 0 Å². The molecule has 3 rings (SSSR count). The van der Waals surface area contributed by atoms with Gasteiger partial charge in [-0.15, -0.1) is 11.8 Å². The number of allylic oxidation sites excluding steroid dienone is 3. The summed E-state index contributed by atoms with van der Waals surface area (Å²) < 4.78 is 84.2. The average Bonchev–Trinajstić information content (AvgIpc) is 2.71. The maximum Gasteiger partial charge on any atom is 0.397 e. The summed E-state index contributed by atoms with van der Waals surface area (Å²) in [5.74, 6) is -2.24. The molecule has 2 unspecified atom stereocenters. The first-order valence-corrected chi connectivity index (χ1v) is 10.6. The van der Waals surface area contributed by atoms with Crippen LogP contribution in [0.25, 0.3) is 0 Å². The van der Waals surface area contributed by atoms with E-state index in [9.17, 15) is 26.3 Å². The molecule has 0 spiro atoms. The van der Waals surface area contributed by atoms with Gasteiger partial charge in [0.05, 0.1) is 10.7 Å². The highest BCUT2D eigenvalue weighted by atomic mass is 79.9. The molecule has 1 nitrogen and oxygen atoms in total. The molecule has 1 aliphatic carbocycles. The van der Waals surface area contributed by atoms with Crippen LogP contribution in [0.2, 0.25) is 0 Å². The van der Waals surface area contributed by atoms with Gasteiger partial charge in [0.15, 0.2) is 0 Å². The standard InChI is InChI=1S/C22H15BrF6OS/c23-15-6-10-17(11-7-15)31-21(12-2-1-3-13-21)18(22(27,28)29)14-4-8-16(9-5-14)30-20(26)19(24)25/h1-12,18H,13H2. The van der Waals surface area contributed by atoms with Gasteiger partial charge in [0.1, 0.15) is 5.75 Å². The van der Waals surface area contributed by atoms with Crippen molar-refractivity contribution in [3.05, 3.63) is 95.0 Å². The maximum absolute atomic E-state index is 14.3. The summed E-state index contributed by atoms with van der Waals surface area (Å²) in [6, 6.07) is 9.18. The molecule has 0 N–H and O–H groups in total. The number of thioether (sulfide) groups is 1. The molecule has 1 aliphatic rings. The van der Waals surface area contributed by atoms with Crippen molar-refractivity contribution in [3.63, 3.8) is 0 Å². The van der Waals surface area contributed by atoms with E-state index in [-0.39, 0.29) is 17.7 Å². The summed E-state index contributed by atoms with van der Waals surface area (Å²) in [7, 11) is 0. The van der Waals surface area contributed by atoms with E-state index in [1.807, 2.05) is 0 Å². The zero-order chi connectivity index (χ0) is 22.6. The third-order valence-electron chi connectivity index (χ3n) is 4.57. The first-order valence-electron chi connectivity index (χ1n) is 8.95. The number of hydrogen-bond donors (Lipinski definition) is 0. The molecular formula is C22H15BrF6OS. The molecule has 0 aliphatic heterocycles. The smallest absolute Gasteiger partial charge is 0.397 e. The molecule has 0 radical (unpaired) electrons. The van der Waals surface area contributed by atoms with Gasteiger partial charge in [0, 0.05) is 9.37 Å². The lowest BCUT2D eigenvalue weighted by Crippen LogP contribution is -2.40. The fourth-order valence-electron chi connectivity index (χ4n) is 3.31. The minimum atomic E-state index is -4.61. The van der Waals surface area contributed by atoms with E-state index in [0.29, 0.717) is 4.90 Å². The third kappa shape index (κ3) is 5.77. The van der Waals surface area contributed by atoms with Crippen molar-refractivity contribution in [3.8, 4) is 5.75 Å². The fourth-order valence-corrected chi connectivity index (χ4v) is 5.00. The Bertz CT molecular complexity index is 994. The summed E-state index contributed by atoms with van der Waals surface area (Å²) in [5, 5.41) is 0. The third-order valence-corrected chi connectivity index (χ3v) is 6.52.